The summed E-state index contributed by atoms with van der Waals surface area (Å²) in [6, 6.07) is 2.23. The van der Waals surface area contributed by atoms with Gasteiger partial charge in [-0.1, -0.05) is 340 Å². The van der Waals surface area contributed by atoms with Crippen molar-refractivity contribution in [3.63, 3.8) is 0 Å². The monoisotopic (exact) mass is 876 g/mol. The van der Waals surface area contributed by atoms with Crippen molar-refractivity contribution in [2.75, 3.05) is 0 Å². The molecule has 0 unspecified atom stereocenters. The number of hydrogen-bond donors (Lipinski definition) is 1. The van der Waals surface area contributed by atoms with Gasteiger partial charge in [-0.2, -0.15) is 0 Å². The highest BCUT2D eigenvalue weighted by Crippen LogP contribution is 2.19. The van der Waals surface area contributed by atoms with Crippen molar-refractivity contribution >= 4 is 12.2 Å². The maximum atomic E-state index is 3.46. The molecule has 1 aromatic rings. The summed E-state index contributed by atoms with van der Waals surface area (Å²) in [7, 11) is 0. The van der Waals surface area contributed by atoms with Crippen molar-refractivity contribution in [3.8, 4) is 0 Å². The number of aromatic nitrogens is 1. The first-order valence-corrected chi connectivity index (χ1v) is 29.9. The van der Waals surface area contributed by atoms with Crippen molar-refractivity contribution in [1.29, 1.82) is 0 Å². The maximum Gasteiger partial charge on any atom is 0.0450 e. The smallest absolute Gasteiger partial charge is 0.0450 e. The molecule has 0 bridgehead atoms. The van der Waals surface area contributed by atoms with E-state index in [1.54, 1.807) is 0 Å². The molecule has 0 aliphatic rings. The normalized spacial score (nSPS) is 12.0. The molecule has 1 aromatic heterocycles. The van der Waals surface area contributed by atoms with E-state index in [9.17, 15) is 0 Å². The molecule has 1 heterocycles. The molecule has 0 saturated heterocycles. The molecule has 370 valence electrons. The van der Waals surface area contributed by atoms with Crippen LogP contribution in [0.5, 0.6) is 0 Å². The molecule has 0 radical (unpaired) electrons. The first-order valence-electron chi connectivity index (χ1n) is 29.9. The second kappa shape index (κ2) is 53.4. The van der Waals surface area contributed by atoms with Crippen LogP contribution in [0.1, 0.15) is 359 Å². The van der Waals surface area contributed by atoms with Crippen molar-refractivity contribution < 1.29 is 0 Å². The van der Waals surface area contributed by atoms with Crippen LogP contribution in [-0.4, -0.2) is 4.98 Å². The fourth-order valence-corrected chi connectivity index (χ4v) is 9.90. The van der Waals surface area contributed by atoms with Crippen LogP contribution in [0.3, 0.4) is 0 Å². The van der Waals surface area contributed by atoms with Crippen LogP contribution in [0.25, 0.3) is 12.2 Å². The Hall–Kier alpha value is -1.24. The van der Waals surface area contributed by atoms with Crippen LogP contribution >= 0.6 is 0 Å². The third kappa shape index (κ3) is 47.1. The molecule has 1 nitrogen and oxygen atoms in total. The number of hydrogen-bond acceptors (Lipinski definition) is 0. The lowest BCUT2D eigenvalue weighted by atomic mass is 10.0. The summed E-state index contributed by atoms with van der Waals surface area (Å²) in [5.41, 5.74) is 2.63. The molecule has 0 amide bonds. The van der Waals surface area contributed by atoms with Gasteiger partial charge in [-0.15, -0.1) is 0 Å². The van der Waals surface area contributed by atoms with Crippen molar-refractivity contribution in [1.82, 2.24) is 4.98 Å². The van der Waals surface area contributed by atoms with Gasteiger partial charge in [0.2, 0.25) is 0 Å². The standard InChI is InChI=1S/C62H117N/c1-3-5-7-9-11-13-15-17-19-21-23-25-27-29-31-33-35-37-39-41-43-45-47-49-51-53-55-57-61-59-60-63-62(61)58-56-54-52-50-48-46-44-42-40-38-36-34-32-30-28-26-24-22-20-18-16-14-12-10-8-6-4-2/h55-60,63H,3-54H2,1-2H3/b57-55+,58-56+. The molecule has 0 aromatic carbocycles. The zero-order valence-corrected chi connectivity index (χ0v) is 43.7. The third-order valence-electron chi connectivity index (χ3n) is 14.3. The van der Waals surface area contributed by atoms with Gasteiger partial charge in [-0.25, -0.2) is 0 Å². The average molecular weight is 877 g/mol. The molecule has 1 N–H and O–H groups in total. The molecule has 1 rings (SSSR count). The minimum atomic E-state index is 1.21. The summed E-state index contributed by atoms with van der Waals surface area (Å²) in [6.07, 6.45) is 86.9. The van der Waals surface area contributed by atoms with Gasteiger partial charge in [-0.05, 0) is 43.4 Å². The minimum Gasteiger partial charge on any atom is -0.361 e. The first-order chi connectivity index (χ1) is 31.4. The molecular formula is C62H117N. The highest BCUT2D eigenvalue weighted by atomic mass is 14.7. The van der Waals surface area contributed by atoms with Gasteiger partial charge >= 0.3 is 0 Å². The van der Waals surface area contributed by atoms with E-state index in [0.717, 1.165) is 0 Å². The maximum absolute atomic E-state index is 3.46. The van der Waals surface area contributed by atoms with E-state index < -0.39 is 0 Å². The Morgan fingerprint density at radius 3 is 0.714 bits per heavy atom. The summed E-state index contributed by atoms with van der Waals surface area (Å²) in [5.74, 6) is 0. The van der Waals surface area contributed by atoms with Gasteiger partial charge in [0.05, 0.1) is 0 Å². The van der Waals surface area contributed by atoms with Gasteiger partial charge in [0.25, 0.3) is 0 Å². The molecule has 0 aliphatic carbocycles. The largest absolute Gasteiger partial charge is 0.361 e. The van der Waals surface area contributed by atoms with Gasteiger partial charge in [0.15, 0.2) is 0 Å². The number of unbranched alkanes of at least 4 members (excludes halogenated alkanes) is 50. The van der Waals surface area contributed by atoms with Crippen LogP contribution in [0.15, 0.2) is 24.4 Å². The number of allylic oxidation sites excluding steroid dienone is 2. The summed E-state index contributed by atoms with van der Waals surface area (Å²) in [4.78, 5) is 3.46. The number of aromatic amines is 1. The Kier molecular flexibility index (Phi) is 50.6. The predicted molar refractivity (Wildman–Crippen MR) is 290 cm³/mol. The topological polar surface area (TPSA) is 15.8 Å². The van der Waals surface area contributed by atoms with E-state index in [1.807, 2.05) is 0 Å². The highest BCUT2D eigenvalue weighted by Gasteiger charge is 2.00. The quantitative estimate of drug-likeness (QED) is 0.0628. The fraction of sp³-hybridized carbons (Fsp3) is 0.871. The number of H-pyrrole nitrogens is 1. The Balaban J connectivity index is 1.78. The molecular weight excluding hydrogens is 759 g/mol. The Labute approximate surface area is 398 Å². The van der Waals surface area contributed by atoms with Crippen LogP contribution in [0.2, 0.25) is 0 Å². The van der Waals surface area contributed by atoms with Gasteiger partial charge < -0.3 is 4.98 Å². The third-order valence-corrected chi connectivity index (χ3v) is 14.3. The second-order valence-electron chi connectivity index (χ2n) is 20.7. The average Bonchev–Trinajstić information content (AvgIpc) is 3.75. The minimum absolute atomic E-state index is 1.21. The molecule has 0 saturated carbocycles. The SMILES string of the molecule is CCCCCCCCCCCCCCCCCCCCCCCCCCC/C=C/c1cc[nH]c1/C=C/CCCCCCCCCCCCCCCCCCCCCCCCCCC. The van der Waals surface area contributed by atoms with Crippen molar-refractivity contribution in [2.24, 2.45) is 0 Å². The molecule has 0 atom stereocenters. The fourth-order valence-electron chi connectivity index (χ4n) is 9.90. The Morgan fingerprint density at radius 1 is 0.270 bits per heavy atom. The second-order valence-corrected chi connectivity index (χ2v) is 20.7. The van der Waals surface area contributed by atoms with E-state index >= 15 is 0 Å². The van der Waals surface area contributed by atoms with Gasteiger partial charge in [0.1, 0.15) is 0 Å². The van der Waals surface area contributed by atoms with Crippen molar-refractivity contribution in [3.05, 3.63) is 35.7 Å². The van der Waals surface area contributed by atoms with Crippen LogP contribution < -0.4 is 0 Å². The molecule has 0 aliphatic heterocycles. The van der Waals surface area contributed by atoms with Crippen LogP contribution in [-0.2, 0) is 0 Å². The number of nitrogens with one attached hydrogen (secondary N) is 1. The van der Waals surface area contributed by atoms with Gasteiger partial charge in [-0.3, -0.25) is 0 Å². The summed E-state index contributed by atoms with van der Waals surface area (Å²) < 4.78 is 0. The lowest BCUT2D eigenvalue weighted by Gasteiger charge is -2.04. The lowest BCUT2D eigenvalue weighted by molar-refractivity contribution is 0.516. The van der Waals surface area contributed by atoms with Gasteiger partial charge in [0, 0.05) is 11.9 Å². The van der Waals surface area contributed by atoms with Crippen LogP contribution in [0, 0.1) is 0 Å². The Bertz CT molecular complexity index is 936. The van der Waals surface area contributed by atoms with E-state index in [2.05, 4.69) is 55.4 Å². The first kappa shape index (κ1) is 59.8. The highest BCUT2D eigenvalue weighted by molar-refractivity contribution is 5.62. The van der Waals surface area contributed by atoms with Crippen molar-refractivity contribution in [2.45, 2.75) is 348 Å². The van der Waals surface area contributed by atoms with E-state index in [4.69, 9.17) is 0 Å². The Morgan fingerprint density at radius 2 is 0.476 bits per heavy atom. The lowest BCUT2D eigenvalue weighted by Crippen LogP contribution is -1.84. The molecule has 63 heavy (non-hydrogen) atoms. The zero-order valence-electron chi connectivity index (χ0n) is 43.7. The van der Waals surface area contributed by atoms with E-state index in [-0.39, 0.29) is 0 Å². The molecule has 0 spiro atoms. The van der Waals surface area contributed by atoms with Crippen LogP contribution in [0.4, 0.5) is 0 Å². The molecule has 1 heteroatoms. The predicted octanol–water partition coefficient (Wildman–Crippen LogP) is 23.4. The summed E-state index contributed by atoms with van der Waals surface area (Å²) >= 11 is 0. The zero-order chi connectivity index (χ0) is 44.9. The van der Waals surface area contributed by atoms with E-state index in [0.29, 0.717) is 0 Å². The van der Waals surface area contributed by atoms with E-state index in [1.165, 1.54) is 345 Å². The summed E-state index contributed by atoms with van der Waals surface area (Å²) in [6.45, 7) is 4.62. The number of rotatable bonds is 54. The summed E-state index contributed by atoms with van der Waals surface area (Å²) in [5, 5.41) is 0. The molecule has 0 fully saturated rings.